The van der Waals surface area contributed by atoms with Crippen LogP contribution < -0.4 is 0 Å². The van der Waals surface area contributed by atoms with Gasteiger partial charge in [-0.15, -0.1) is 0 Å². The molecule has 1 atom stereocenters. The van der Waals surface area contributed by atoms with E-state index in [2.05, 4.69) is 25.4 Å². The summed E-state index contributed by atoms with van der Waals surface area (Å²) in [6, 6.07) is 0. The lowest BCUT2D eigenvalue weighted by atomic mass is 10.2. The molecule has 0 saturated heterocycles. The quantitative estimate of drug-likeness (QED) is 0.668. The minimum atomic E-state index is -0.714. The van der Waals surface area contributed by atoms with Crippen molar-refractivity contribution in [3.05, 3.63) is 24.0 Å². The van der Waals surface area contributed by atoms with Crippen molar-refractivity contribution < 1.29 is 5.11 Å². The first kappa shape index (κ1) is 8.82. The number of hydrogen-bond acceptors (Lipinski definition) is 5. The van der Waals surface area contributed by atoms with Crippen LogP contribution in [0, 0.1) is 0 Å². The number of aromatic amines is 1. The molecule has 0 amide bonds. The van der Waals surface area contributed by atoms with E-state index in [1.54, 1.807) is 13.2 Å². The maximum Gasteiger partial charge on any atom is 0.153 e. The third kappa shape index (κ3) is 1.77. The number of aliphatic hydroxyl groups is 1. The fourth-order valence-electron chi connectivity index (χ4n) is 1.15. The van der Waals surface area contributed by atoms with Crippen LogP contribution in [0.15, 0.2) is 12.5 Å². The summed E-state index contributed by atoms with van der Waals surface area (Å²) in [6.45, 7) is 0. The summed E-state index contributed by atoms with van der Waals surface area (Å²) in [6.07, 6.45) is 2.63. The van der Waals surface area contributed by atoms with Crippen molar-refractivity contribution in [3.63, 3.8) is 0 Å². The summed E-state index contributed by atoms with van der Waals surface area (Å²) in [5.41, 5.74) is 0.719. The zero-order valence-electron chi connectivity index (χ0n) is 7.62. The number of rotatable bonds is 3. The fourth-order valence-corrected chi connectivity index (χ4v) is 1.15. The SMILES string of the molecule is Cn1ncc(CC(O)c2ncn[nH]2)n1. The predicted molar refractivity (Wildman–Crippen MR) is 46.0 cm³/mol. The second-order valence-electron chi connectivity index (χ2n) is 2.92. The smallest absolute Gasteiger partial charge is 0.153 e. The number of aromatic nitrogens is 6. The van der Waals surface area contributed by atoms with E-state index in [1.807, 2.05) is 0 Å². The molecule has 2 heterocycles. The normalized spacial score (nSPS) is 13.0. The molecule has 0 aliphatic rings. The molecule has 2 aromatic heterocycles. The first-order valence-electron chi connectivity index (χ1n) is 4.14. The van der Waals surface area contributed by atoms with Gasteiger partial charge in [0.15, 0.2) is 5.82 Å². The van der Waals surface area contributed by atoms with Gasteiger partial charge in [-0.05, 0) is 0 Å². The molecule has 0 aromatic carbocycles. The van der Waals surface area contributed by atoms with E-state index in [-0.39, 0.29) is 0 Å². The summed E-state index contributed by atoms with van der Waals surface area (Å²) in [7, 11) is 1.73. The highest BCUT2D eigenvalue weighted by Crippen LogP contribution is 2.11. The maximum absolute atomic E-state index is 9.66. The van der Waals surface area contributed by atoms with Crippen molar-refractivity contribution in [1.82, 2.24) is 30.2 Å². The van der Waals surface area contributed by atoms with Crippen molar-refractivity contribution in [2.24, 2.45) is 7.05 Å². The van der Waals surface area contributed by atoms with Crippen molar-refractivity contribution in [2.45, 2.75) is 12.5 Å². The third-order valence-electron chi connectivity index (χ3n) is 1.80. The van der Waals surface area contributed by atoms with E-state index in [0.29, 0.717) is 12.2 Å². The molecule has 2 N–H and O–H groups in total. The monoisotopic (exact) mass is 194 g/mol. The molecule has 0 spiro atoms. The van der Waals surface area contributed by atoms with Crippen molar-refractivity contribution in [2.75, 3.05) is 0 Å². The Hall–Kier alpha value is -1.76. The average Bonchev–Trinajstić information content (AvgIpc) is 2.75. The Morgan fingerprint density at radius 3 is 3.07 bits per heavy atom. The van der Waals surface area contributed by atoms with Crippen molar-refractivity contribution in [3.8, 4) is 0 Å². The molecule has 0 radical (unpaired) electrons. The number of nitrogens with one attached hydrogen (secondary N) is 1. The molecule has 7 heteroatoms. The second kappa shape index (κ2) is 3.54. The van der Waals surface area contributed by atoms with E-state index in [1.165, 1.54) is 11.1 Å². The molecular formula is C7H10N6O. The lowest BCUT2D eigenvalue weighted by Gasteiger charge is -2.02. The Morgan fingerprint density at radius 2 is 2.50 bits per heavy atom. The van der Waals surface area contributed by atoms with Crippen LogP contribution in [0.1, 0.15) is 17.6 Å². The van der Waals surface area contributed by atoms with Gasteiger partial charge in [0.1, 0.15) is 12.4 Å². The Labute approximate surface area is 79.8 Å². The third-order valence-corrected chi connectivity index (χ3v) is 1.80. The highest BCUT2D eigenvalue weighted by Gasteiger charge is 2.12. The van der Waals surface area contributed by atoms with Gasteiger partial charge in [0.05, 0.1) is 11.9 Å². The standard InChI is InChI=1S/C7H10N6O/c1-13-10-3-5(12-13)2-6(14)7-8-4-9-11-7/h3-4,6,14H,2H2,1H3,(H,8,9,11). The molecule has 0 bridgehead atoms. The Bertz CT molecular complexity index is 394. The Kier molecular flexibility index (Phi) is 2.23. The molecule has 74 valence electrons. The van der Waals surface area contributed by atoms with Crippen LogP contribution in [0.4, 0.5) is 0 Å². The fraction of sp³-hybridized carbons (Fsp3) is 0.429. The minimum absolute atomic E-state index is 0.378. The zero-order valence-corrected chi connectivity index (χ0v) is 7.62. The summed E-state index contributed by atoms with van der Waals surface area (Å²) in [5, 5.41) is 23.9. The van der Waals surface area contributed by atoms with Gasteiger partial charge in [0, 0.05) is 13.5 Å². The number of hydrogen-bond donors (Lipinski definition) is 2. The van der Waals surface area contributed by atoms with Crippen LogP contribution in [0.25, 0.3) is 0 Å². The average molecular weight is 194 g/mol. The van der Waals surface area contributed by atoms with Crippen molar-refractivity contribution >= 4 is 0 Å². The molecule has 0 fully saturated rings. The van der Waals surface area contributed by atoms with Gasteiger partial charge in [-0.2, -0.15) is 20.1 Å². The van der Waals surface area contributed by atoms with Gasteiger partial charge in [0.2, 0.25) is 0 Å². The van der Waals surface area contributed by atoms with Crippen LogP contribution in [-0.2, 0) is 13.5 Å². The van der Waals surface area contributed by atoms with Gasteiger partial charge in [0.25, 0.3) is 0 Å². The molecule has 0 aliphatic heterocycles. The van der Waals surface area contributed by atoms with Gasteiger partial charge in [-0.3, -0.25) is 5.10 Å². The van der Waals surface area contributed by atoms with Gasteiger partial charge in [-0.1, -0.05) is 0 Å². The topological polar surface area (TPSA) is 92.5 Å². The molecule has 7 nitrogen and oxygen atoms in total. The maximum atomic E-state index is 9.66. The summed E-state index contributed by atoms with van der Waals surface area (Å²) >= 11 is 0. The van der Waals surface area contributed by atoms with Gasteiger partial charge in [-0.25, -0.2) is 4.98 Å². The largest absolute Gasteiger partial charge is 0.385 e. The number of aryl methyl sites for hydroxylation is 1. The van der Waals surface area contributed by atoms with E-state index >= 15 is 0 Å². The van der Waals surface area contributed by atoms with Crippen LogP contribution in [0.3, 0.4) is 0 Å². The lowest BCUT2D eigenvalue weighted by Crippen LogP contribution is -2.05. The molecule has 0 aliphatic carbocycles. The first-order valence-corrected chi connectivity index (χ1v) is 4.14. The first-order chi connectivity index (χ1) is 6.75. The van der Waals surface area contributed by atoms with Crippen LogP contribution in [-0.4, -0.2) is 35.3 Å². The second-order valence-corrected chi connectivity index (χ2v) is 2.92. The molecule has 2 rings (SSSR count). The predicted octanol–water partition coefficient (Wildman–Crippen LogP) is -0.791. The van der Waals surface area contributed by atoms with E-state index < -0.39 is 6.10 Å². The Balaban J connectivity index is 2.05. The van der Waals surface area contributed by atoms with Crippen LogP contribution in [0.5, 0.6) is 0 Å². The van der Waals surface area contributed by atoms with E-state index in [4.69, 9.17) is 0 Å². The molecule has 1 unspecified atom stereocenters. The van der Waals surface area contributed by atoms with E-state index in [0.717, 1.165) is 5.69 Å². The van der Waals surface area contributed by atoms with Gasteiger partial charge >= 0.3 is 0 Å². The zero-order chi connectivity index (χ0) is 9.97. The summed E-state index contributed by atoms with van der Waals surface area (Å²) in [4.78, 5) is 5.29. The molecule has 2 aromatic rings. The molecular weight excluding hydrogens is 184 g/mol. The highest BCUT2D eigenvalue weighted by atomic mass is 16.3. The van der Waals surface area contributed by atoms with Gasteiger partial charge < -0.3 is 5.11 Å². The molecule has 14 heavy (non-hydrogen) atoms. The number of nitrogens with zero attached hydrogens (tertiary/aromatic N) is 5. The van der Waals surface area contributed by atoms with Crippen molar-refractivity contribution in [1.29, 1.82) is 0 Å². The summed E-state index contributed by atoms with van der Waals surface area (Å²) < 4.78 is 0. The van der Waals surface area contributed by atoms with Crippen LogP contribution >= 0.6 is 0 Å². The summed E-state index contributed by atoms with van der Waals surface area (Å²) in [5.74, 6) is 0.440. The Morgan fingerprint density at radius 1 is 1.64 bits per heavy atom. The highest BCUT2D eigenvalue weighted by molar-refractivity contribution is 4.98. The molecule has 0 saturated carbocycles. The minimum Gasteiger partial charge on any atom is -0.385 e. The van der Waals surface area contributed by atoms with Crippen LogP contribution in [0.2, 0.25) is 0 Å². The van der Waals surface area contributed by atoms with E-state index in [9.17, 15) is 5.11 Å². The number of aliphatic hydroxyl groups excluding tert-OH is 1. The lowest BCUT2D eigenvalue weighted by molar-refractivity contribution is 0.167. The number of H-pyrrole nitrogens is 1.